The second-order valence-electron chi connectivity index (χ2n) is 5.91. The van der Waals surface area contributed by atoms with Gasteiger partial charge >= 0.3 is 0 Å². The van der Waals surface area contributed by atoms with Gasteiger partial charge in [0.05, 0.1) is 6.04 Å². The van der Waals surface area contributed by atoms with Gasteiger partial charge in [0, 0.05) is 12.2 Å². The highest BCUT2D eigenvalue weighted by molar-refractivity contribution is 5.98. The first-order valence-electron chi connectivity index (χ1n) is 7.52. The zero-order chi connectivity index (χ0) is 14.4. The highest BCUT2D eigenvalue weighted by Crippen LogP contribution is 2.38. The third-order valence-corrected chi connectivity index (χ3v) is 4.57. The molecule has 0 bridgehead atoms. The smallest absolute Gasteiger partial charge is 0.243 e. The van der Waals surface area contributed by atoms with E-state index in [0.717, 1.165) is 31.5 Å². The molecule has 1 aliphatic heterocycles. The van der Waals surface area contributed by atoms with Crippen LogP contribution in [0.5, 0.6) is 0 Å². The predicted molar refractivity (Wildman–Crippen MR) is 84.2 cm³/mol. The van der Waals surface area contributed by atoms with Crippen LogP contribution in [0.15, 0.2) is 42.5 Å². The second-order valence-corrected chi connectivity index (χ2v) is 5.91. The van der Waals surface area contributed by atoms with E-state index in [-0.39, 0.29) is 11.9 Å². The molecule has 3 heteroatoms. The summed E-state index contributed by atoms with van der Waals surface area (Å²) in [5.74, 6) is 0.0525. The van der Waals surface area contributed by atoms with Gasteiger partial charge in [-0.2, -0.15) is 0 Å². The molecule has 0 radical (unpaired) electrons. The van der Waals surface area contributed by atoms with Crippen LogP contribution >= 0.6 is 0 Å². The molecule has 1 unspecified atom stereocenters. The van der Waals surface area contributed by atoms with Gasteiger partial charge in [-0.05, 0) is 53.6 Å². The number of fused-ring (bicyclic) bond motifs is 3. The van der Waals surface area contributed by atoms with Crippen LogP contribution in [0.1, 0.15) is 24.0 Å². The number of amides is 1. The van der Waals surface area contributed by atoms with E-state index < -0.39 is 0 Å². The van der Waals surface area contributed by atoms with Gasteiger partial charge in [-0.25, -0.2) is 0 Å². The molecule has 1 amide bonds. The minimum Gasteiger partial charge on any atom is -0.320 e. The third-order valence-electron chi connectivity index (χ3n) is 4.57. The van der Waals surface area contributed by atoms with Crippen LogP contribution < -0.4 is 10.6 Å². The molecule has 1 saturated heterocycles. The summed E-state index contributed by atoms with van der Waals surface area (Å²) in [5, 5.41) is 0. The van der Waals surface area contributed by atoms with E-state index in [2.05, 4.69) is 42.5 Å². The van der Waals surface area contributed by atoms with Crippen LogP contribution in [-0.2, 0) is 11.2 Å². The van der Waals surface area contributed by atoms with Crippen LogP contribution in [0.2, 0.25) is 0 Å². The third kappa shape index (κ3) is 1.96. The highest BCUT2D eigenvalue weighted by atomic mass is 16.2. The van der Waals surface area contributed by atoms with Gasteiger partial charge in [0.1, 0.15) is 0 Å². The lowest BCUT2D eigenvalue weighted by Crippen LogP contribution is -2.48. The van der Waals surface area contributed by atoms with E-state index in [1.54, 1.807) is 0 Å². The molecule has 0 spiro atoms. The van der Waals surface area contributed by atoms with E-state index in [0.29, 0.717) is 0 Å². The Kier molecular flexibility index (Phi) is 2.82. The number of carbonyl (C=O) groups excluding carboxylic acids is 1. The molecule has 0 aromatic heterocycles. The van der Waals surface area contributed by atoms with E-state index in [9.17, 15) is 4.79 Å². The average Bonchev–Trinajstić information content (AvgIpc) is 2.87. The van der Waals surface area contributed by atoms with Gasteiger partial charge in [-0.1, -0.05) is 30.3 Å². The Balaban J connectivity index is 1.72. The Morgan fingerprint density at radius 3 is 2.76 bits per heavy atom. The summed E-state index contributed by atoms with van der Waals surface area (Å²) in [4.78, 5) is 14.1. The summed E-state index contributed by atoms with van der Waals surface area (Å²) in [6.07, 6.45) is 2.73. The number of benzene rings is 2. The summed E-state index contributed by atoms with van der Waals surface area (Å²) >= 11 is 0. The molecular weight excluding hydrogens is 260 g/mol. The zero-order valence-electron chi connectivity index (χ0n) is 11.9. The van der Waals surface area contributed by atoms with Gasteiger partial charge in [-0.3, -0.25) is 4.79 Å². The van der Waals surface area contributed by atoms with Gasteiger partial charge in [-0.15, -0.1) is 0 Å². The van der Waals surface area contributed by atoms with Crippen LogP contribution in [0.25, 0.3) is 11.1 Å². The van der Waals surface area contributed by atoms with Crippen LogP contribution in [0, 0.1) is 0 Å². The SMILES string of the molecule is NC1CCCN(c2ccc3c(c2)Cc2ccccc2-3)C1=O. The number of hydrogen-bond donors (Lipinski definition) is 1. The fraction of sp³-hybridized carbons (Fsp3) is 0.278. The van der Waals surface area contributed by atoms with E-state index >= 15 is 0 Å². The number of nitrogens with zero attached hydrogens (tertiary/aromatic N) is 1. The summed E-state index contributed by atoms with van der Waals surface area (Å²) in [7, 11) is 0. The summed E-state index contributed by atoms with van der Waals surface area (Å²) in [5.41, 5.74) is 12.2. The van der Waals surface area contributed by atoms with Crippen molar-refractivity contribution in [1.29, 1.82) is 0 Å². The van der Waals surface area contributed by atoms with E-state index in [1.165, 1.54) is 22.3 Å². The highest BCUT2D eigenvalue weighted by Gasteiger charge is 2.28. The van der Waals surface area contributed by atoms with Crippen LogP contribution in [-0.4, -0.2) is 18.5 Å². The maximum atomic E-state index is 12.2. The normalized spacial score (nSPS) is 20.3. The molecule has 1 atom stereocenters. The largest absolute Gasteiger partial charge is 0.320 e. The van der Waals surface area contributed by atoms with Gasteiger partial charge in [0.2, 0.25) is 5.91 Å². The van der Waals surface area contributed by atoms with E-state index in [1.807, 2.05) is 4.90 Å². The van der Waals surface area contributed by atoms with Crippen molar-refractivity contribution in [3.63, 3.8) is 0 Å². The Bertz CT molecular complexity index is 723. The molecule has 1 heterocycles. The first kappa shape index (κ1) is 12.6. The second kappa shape index (κ2) is 4.71. The van der Waals surface area contributed by atoms with Crippen LogP contribution in [0.3, 0.4) is 0 Å². The number of rotatable bonds is 1. The Morgan fingerprint density at radius 1 is 1.05 bits per heavy atom. The standard InChI is InChI=1S/C18H18N2O/c19-17-6-3-9-20(18(17)21)14-7-8-16-13(11-14)10-12-4-1-2-5-15(12)16/h1-2,4-5,7-8,11,17H,3,6,9-10,19H2. The van der Waals surface area contributed by atoms with Crippen molar-refractivity contribution in [2.45, 2.75) is 25.3 Å². The summed E-state index contributed by atoms with van der Waals surface area (Å²) in [6.45, 7) is 0.776. The lowest BCUT2D eigenvalue weighted by Gasteiger charge is -2.30. The molecule has 106 valence electrons. The van der Waals surface area contributed by atoms with Crippen LogP contribution in [0.4, 0.5) is 5.69 Å². The Hall–Kier alpha value is -2.13. The van der Waals surface area contributed by atoms with Crippen molar-refractivity contribution in [2.24, 2.45) is 5.73 Å². The van der Waals surface area contributed by atoms with Crippen molar-refractivity contribution >= 4 is 11.6 Å². The maximum absolute atomic E-state index is 12.2. The number of piperidine rings is 1. The number of nitrogens with two attached hydrogens (primary N) is 1. The van der Waals surface area contributed by atoms with Crippen molar-refractivity contribution in [3.05, 3.63) is 53.6 Å². The minimum atomic E-state index is -0.343. The molecule has 2 aromatic rings. The predicted octanol–water partition coefficient (Wildman–Crippen LogP) is 2.71. The lowest BCUT2D eigenvalue weighted by molar-refractivity contribution is -0.120. The molecule has 0 saturated carbocycles. The minimum absolute atomic E-state index is 0.0525. The van der Waals surface area contributed by atoms with Gasteiger partial charge in [0.15, 0.2) is 0 Å². The fourth-order valence-corrected chi connectivity index (χ4v) is 3.46. The summed E-state index contributed by atoms with van der Waals surface area (Å²) < 4.78 is 0. The monoisotopic (exact) mass is 278 g/mol. The molecular formula is C18H18N2O. The molecule has 1 aliphatic carbocycles. The Morgan fingerprint density at radius 2 is 1.86 bits per heavy atom. The lowest BCUT2D eigenvalue weighted by atomic mass is 10.0. The molecule has 1 fully saturated rings. The molecule has 21 heavy (non-hydrogen) atoms. The van der Waals surface area contributed by atoms with Crippen molar-refractivity contribution in [3.8, 4) is 11.1 Å². The van der Waals surface area contributed by atoms with Gasteiger partial charge in [0.25, 0.3) is 0 Å². The first-order chi connectivity index (χ1) is 10.2. The average molecular weight is 278 g/mol. The molecule has 2 aliphatic rings. The topological polar surface area (TPSA) is 46.3 Å². The van der Waals surface area contributed by atoms with Crippen molar-refractivity contribution in [2.75, 3.05) is 11.4 Å². The molecule has 3 nitrogen and oxygen atoms in total. The quantitative estimate of drug-likeness (QED) is 0.744. The maximum Gasteiger partial charge on any atom is 0.243 e. The van der Waals surface area contributed by atoms with Gasteiger partial charge < -0.3 is 10.6 Å². The van der Waals surface area contributed by atoms with Crippen molar-refractivity contribution in [1.82, 2.24) is 0 Å². The molecule has 2 aromatic carbocycles. The Labute approximate surface area is 124 Å². The molecule has 2 N–H and O–H groups in total. The van der Waals surface area contributed by atoms with E-state index in [4.69, 9.17) is 5.73 Å². The fourth-order valence-electron chi connectivity index (χ4n) is 3.46. The number of carbonyl (C=O) groups is 1. The number of hydrogen-bond acceptors (Lipinski definition) is 2. The summed E-state index contributed by atoms with van der Waals surface area (Å²) in [6, 6.07) is 14.5. The number of anilines is 1. The van der Waals surface area contributed by atoms with Crippen molar-refractivity contribution < 1.29 is 4.79 Å². The first-order valence-corrected chi connectivity index (χ1v) is 7.52. The zero-order valence-corrected chi connectivity index (χ0v) is 11.9. The molecule has 4 rings (SSSR count).